The molecule has 0 amide bonds. The van der Waals surface area contributed by atoms with Crippen LogP contribution in [0.1, 0.15) is 0 Å². The summed E-state index contributed by atoms with van der Waals surface area (Å²) in [5.41, 5.74) is 11.2. The fourth-order valence-electron chi connectivity index (χ4n) is 8.56. The van der Waals surface area contributed by atoms with E-state index in [0.717, 1.165) is 93.4 Å². The van der Waals surface area contributed by atoms with Crippen LogP contribution in [0.3, 0.4) is 0 Å². The second kappa shape index (κ2) is 12.3. The van der Waals surface area contributed by atoms with Crippen molar-refractivity contribution in [2.75, 3.05) is 0 Å². The molecule has 8 aromatic carbocycles. The van der Waals surface area contributed by atoms with Crippen LogP contribution in [-0.2, 0) is 0 Å². The molecule has 0 saturated carbocycles. The zero-order valence-corrected chi connectivity index (χ0v) is 30.5. The average molecular weight is 730 g/mol. The zero-order valence-electron chi connectivity index (χ0n) is 30.5. The summed E-state index contributed by atoms with van der Waals surface area (Å²) in [7, 11) is 0. The molecule has 0 unspecified atom stereocenters. The van der Waals surface area contributed by atoms with E-state index in [-0.39, 0.29) is 0 Å². The third-order valence-corrected chi connectivity index (χ3v) is 11.2. The van der Waals surface area contributed by atoms with Gasteiger partial charge in [-0.2, -0.15) is 15.0 Å². The molecule has 0 aliphatic heterocycles. The number of rotatable bonds is 5. The Morgan fingerprint density at radius 2 is 0.789 bits per heavy atom. The second-order valence-electron chi connectivity index (χ2n) is 14.5. The van der Waals surface area contributed by atoms with Gasteiger partial charge in [-0.3, -0.25) is 9.13 Å². The van der Waals surface area contributed by atoms with Gasteiger partial charge in [0, 0.05) is 37.9 Å². The lowest BCUT2D eigenvalue weighted by Gasteiger charge is -2.13. The number of aromatic nitrogens is 5. The maximum absolute atomic E-state index is 6.16. The number of hydrogen-bond acceptors (Lipinski definition) is 4. The van der Waals surface area contributed by atoms with Gasteiger partial charge in [-0.05, 0) is 70.8 Å². The number of nitrogens with zero attached hydrogens (tertiary/aromatic N) is 5. The summed E-state index contributed by atoms with van der Waals surface area (Å²) in [4.78, 5) is 16.0. The molecule has 12 aromatic rings. The Bertz CT molecular complexity index is 3490. The molecule has 0 N–H and O–H groups in total. The minimum absolute atomic E-state index is 0.546. The van der Waals surface area contributed by atoms with E-state index in [1.54, 1.807) is 0 Å². The van der Waals surface area contributed by atoms with Crippen molar-refractivity contribution in [3.05, 3.63) is 188 Å². The molecule has 0 saturated heterocycles. The third kappa shape index (κ3) is 4.94. The van der Waals surface area contributed by atoms with Crippen LogP contribution in [-0.4, -0.2) is 24.1 Å². The van der Waals surface area contributed by atoms with Gasteiger partial charge in [0.15, 0.2) is 5.82 Å². The van der Waals surface area contributed by atoms with E-state index < -0.39 is 0 Å². The van der Waals surface area contributed by atoms with Gasteiger partial charge in [-0.25, -0.2) is 0 Å². The molecule has 0 atom stereocenters. The summed E-state index contributed by atoms with van der Waals surface area (Å²) >= 11 is 0. The first-order chi connectivity index (χ1) is 28.2. The molecular weight excluding hydrogens is 699 g/mol. The molecule has 0 spiro atoms. The molecule has 0 aliphatic carbocycles. The highest BCUT2D eigenvalue weighted by molar-refractivity contribution is 6.11. The summed E-state index contributed by atoms with van der Waals surface area (Å²) in [5, 5.41) is 6.75. The van der Waals surface area contributed by atoms with E-state index in [0.29, 0.717) is 17.7 Å². The first kappa shape index (κ1) is 31.5. The molecule has 4 aromatic heterocycles. The lowest BCUT2D eigenvalue weighted by Crippen LogP contribution is -2.10. The Morgan fingerprint density at radius 3 is 1.49 bits per heavy atom. The molecule has 0 bridgehead atoms. The third-order valence-electron chi connectivity index (χ3n) is 11.2. The quantitative estimate of drug-likeness (QED) is 0.177. The standard InChI is InChI=1S/C51H31N5O/c1-2-13-32(14-3-1)35-25-27-40-39-19-6-10-23-45(39)56(46(40)31-35)51-53-49(52-50(54-51)55-43-21-8-4-17-37(43)38-18-5-9-22-44(38)55)36-16-12-15-33(29-36)34-26-28-48-42(30-34)41-20-7-11-24-47(41)57-48/h1-31H. The van der Waals surface area contributed by atoms with Crippen molar-refractivity contribution in [3.63, 3.8) is 0 Å². The Kier molecular flexibility index (Phi) is 6.83. The highest BCUT2D eigenvalue weighted by atomic mass is 16.3. The molecular formula is C51H31N5O. The van der Waals surface area contributed by atoms with Crippen LogP contribution >= 0.6 is 0 Å². The summed E-state index contributed by atoms with van der Waals surface area (Å²) in [6, 6.07) is 65.7. The highest BCUT2D eigenvalue weighted by Crippen LogP contribution is 2.37. The van der Waals surface area contributed by atoms with Crippen molar-refractivity contribution in [1.29, 1.82) is 0 Å². The molecule has 266 valence electrons. The van der Waals surface area contributed by atoms with E-state index >= 15 is 0 Å². The van der Waals surface area contributed by atoms with E-state index in [9.17, 15) is 0 Å². The van der Waals surface area contributed by atoms with Crippen molar-refractivity contribution in [3.8, 4) is 45.5 Å². The highest BCUT2D eigenvalue weighted by Gasteiger charge is 2.21. The monoisotopic (exact) mass is 729 g/mol. The van der Waals surface area contributed by atoms with E-state index in [2.05, 4.69) is 179 Å². The van der Waals surface area contributed by atoms with Crippen molar-refractivity contribution in [2.45, 2.75) is 0 Å². The lowest BCUT2D eigenvalue weighted by atomic mass is 10.0. The topological polar surface area (TPSA) is 61.7 Å². The molecule has 0 radical (unpaired) electrons. The molecule has 12 rings (SSSR count). The van der Waals surface area contributed by atoms with Gasteiger partial charge in [0.2, 0.25) is 11.9 Å². The molecule has 6 nitrogen and oxygen atoms in total. The minimum Gasteiger partial charge on any atom is -0.456 e. The molecule has 0 aliphatic rings. The maximum Gasteiger partial charge on any atom is 0.240 e. The number of para-hydroxylation sites is 4. The Labute approximate surface area is 326 Å². The normalized spacial score (nSPS) is 11.9. The second-order valence-corrected chi connectivity index (χ2v) is 14.5. The minimum atomic E-state index is 0.546. The lowest BCUT2D eigenvalue weighted by molar-refractivity contribution is 0.669. The van der Waals surface area contributed by atoms with Gasteiger partial charge in [0.25, 0.3) is 0 Å². The van der Waals surface area contributed by atoms with E-state index in [4.69, 9.17) is 19.4 Å². The predicted octanol–water partition coefficient (Wildman–Crippen LogP) is 13.0. The fraction of sp³-hybridized carbons (Fsp3) is 0. The van der Waals surface area contributed by atoms with Crippen LogP contribution in [0.2, 0.25) is 0 Å². The number of benzene rings is 8. The summed E-state index contributed by atoms with van der Waals surface area (Å²) in [6.45, 7) is 0. The van der Waals surface area contributed by atoms with Gasteiger partial charge >= 0.3 is 0 Å². The van der Waals surface area contributed by atoms with Crippen LogP contribution in [0.25, 0.3) is 111 Å². The summed E-state index contributed by atoms with van der Waals surface area (Å²) in [5.74, 6) is 1.68. The van der Waals surface area contributed by atoms with Gasteiger partial charge in [0.1, 0.15) is 11.2 Å². The number of furan rings is 1. The Morgan fingerprint density at radius 1 is 0.298 bits per heavy atom. The van der Waals surface area contributed by atoms with Crippen LogP contribution in [0.5, 0.6) is 0 Å². The Hall–Kier alpha value is -7.83. The van der Waals surface area contributed by atoms with Crippen LogP contribution in [0, 0.1) is 0 Å². The number of fused-ring (bicyclic) bond motifs is 9. The first-order valence-corrected chi connectivity index (χ1v) is 19.1. The first-order valence-electron chi connectivity index (χ1n) is 19.1. The van der Waals surface area contributed by atoms with Crippen LogP contribution in [0.15, 0.2) is 192 Å². The molecule has 6 heteroatoms. The predicted molar refractivity (Wildman–Crippen MR) is 232 cm³/mol. The SMILES string of the molecule is c1ccc(-c2ccc3c4ccccc4n(-c4nc(-c5cccc(-c6ccc7oc8ccccc8c7c6)c5)nc(-n5c6ccccc6c6ccccc65)n4)c3c2)cc1. The zero-order chi connectivity index (χ0) is 37.5. The Balaban J connectivity index is 1.12. The maximum atomic E-state index is 6.16. The van der Waals surface area contributed by atoms with Crippen molar-refractivity contribution in [2.24, 2.45) is 0 Å². The van der Waals surface area contributed by atoms with Crippen molar-refractivity contribution in [1.82, 2.24) is 24.1 Å². The van der Waals surface area contributed by atoms with Gasteiger partial charge < -0.3 is 4.42 Å². The average Bonchev–Trinajstić information content (AvgIpc) is 3.94. The smallest absolute Gasteiger partial charge is 0.240 e. The van der Waals surface area contributed by atoms with Gasteiger partial charge in [-0.1, -0.05) is 140 Å². The number of hydrogen-bond donors (Lipinski definition) is 0. The summed E-state index contributed by atoms with van der Waals surface area (Å²) < 4.78 is 10.5. The molecule has 57 heavy (non-hydrogen) atoms. The van der Waals surface area contributed by atoms with Crippen molar-refractivity contribution >= 4 is 65.6 Å². The van der Waals surface area contributed by atoms with Gasteiger partial charge in [-0.15, -0.1) is 0 Å². The van der Waals surface area contributed by atoms with Crippen LogP contribution < -0.4 is 0 Å². The molecule has 4 heterocycles. The van der Waals surface area contributed by atoms with Gasteiger partial charge in [0.05, 0.1) is 22.1 Å². The van der Waals surface area contributed by atoms with E-state index in [1.807, 2.05) is 18.2 Å². The van der Waals surface area contributed by atoms with Crippen LogP contribution in [0.4, 0.5) is 0 Å². The fourth-order valence-corrected chi connectivity index (χ4v) is 8.56. The summed E-state index contributed by atoms with van der Waals surface area (Å²) in [6.07, 6.45) is 0. The molecule has 0 fully saturated rings. The largest absolute Gasteiger partial charge is 0.456 e. The van der Waals surface area contributed by atoms with E-state index in [1.165, 1.54) is 0 Å². The van der Waals surface area contributed by atoms with Crippen molar-refractivity contribution < 1.29 is 4.42 Å².